The van der Waals surface area contributed by atoms with E-state index < -0.39 is 10.0 Å². The highest BCUT2D eigenvalue weighted by Gasteiger charge is 2.19. The van der Waals surface area contributed by atoms with Gasteiger partial charge >= 0.3 is 0 Å². The van der Waals surface area contributed by atoms with Gasteiger partial charge in [0.05, 0.1) is 6.54 Å². The van der Waals surface area contributed by atoms with Crippen molar-refractivity contribution in [2.24, 2.45) is 4.99 Å². The maximum absolute atomic E-state index is 12.1. The van der Waals surface area contributed by atoms with Crippen molar-refractivity contribution >= 4 is 38.7 Å². The Morgan fingerprint density at radius 3 is 2.64 bits per heavy atom. The minimum absolute atomic E-state index is 0.350. The largest absolute Gasteiger partial charge is 0.356 e. The van der Waals surface area contributed by atoms with Crippen molar-refractivity contribution in [3.05, 3.63) is 39.4 Å². The van der Waals surface area contributed by atoms with Crippen LogP contribution in [0.5, 0.6) is 0 Å². The Hall–Kier alpha value is -1.42. The standard InChI is InChI=1S/C16H24N4O2S3/c1-12(13-7-8-23-11-13)9-18-16(17-2)19-10-14-5-6-15(24-14)25(21,22)20(3)4/h5-8,11-12H,9-10H2,1-4H3,(H2,17,18,19). The summed E-state index contributed by atoms with van der Waals surface area (Å²) in [6, 6.07) is 5.60. The molecule has 2 heterocycles. The Kier molecular flexibility index (Phi) is 7.00. The van der Waals surface area contributed by atoms with Crippen LogP contribution in [0.4, 0.5) is 0 Å². The summed E-state index contributed by atoms with van der Waals surface area (Å²) in [5.41, 5.74) is 1.31. The summed E-state index contributed by atoms with van der Waals surface area (Å²) in [4.78, 5) is 5.15. The van der Waals surface area contributed by atoms with Gasteiger partial charge < -0.3 is 10.6 Å². The molecule has 0 bridgehead atoms. The maximum Gasteiger partial charge on any atom is 0.252 e. The predicted octanol–water partition coefficient (Wildman–Crippen LogP) is 2.53. The van der Waals surface area contributed by atoms with Crippen LogP contribution in [0.25, 0.3) is 0 Å². The SMILES string of the molecule is CN=C(NCc1ccc(S(=O)(=O)N(C)C)s1)NCC(C)c1ccsc1. The fourth-order valence-electron chi connectivity index (χ4n) is 2.09. The Morgan fingerprint density at radius 1 is 1.28 bits per heavy atom. The van der Waals surface area contributed by atoms with Crippen molar-refractivity contribution in [2.75, 3.05) is 27.7 Å². The number of nitrogens with zero attached hydrogens (tertiary/aromatic N) is 2. The normalized spacial score (nSPS) is 13.9. The monoisotopic (exact) mass is 400 g/mol. The number of thiophene rings is 2. The molecule has 1 atom stereocenters. The van der Waals surface area contributed by atoms with Crippen LogP contribution in [0, 0.1) is 0 Å². The molecule has 2 rings (SSSR count). The molecule has 6 nitrogen and oxygen atoms in total. The first-order chi connectivity index (χ1) is 11.8. The first-order valence-electron chi connectivity index (χ1n) is 7.82. The van der Waals surface area contributed by atoms with Gasteiger partial charge in [-0.05, 0) is 40.4 Å². The Balaban J connectivity index is 1.88. The molecule has 2 aromatic heterocycles. The molecule has 25 heavy (non-hydrogen) atoms. The van der Waals surface area contributed by atoms with Crippen LogP contribution in [-0.2, 0) is 16.6 Å². The van der Waals surface area contributed by atoms with Gasteiger partial charge in [0.2, 0.25) is 0 Å². The van der Waals surface area contributed by atoms with Crippen molar-refractivity contribution in [3.63, 3.8) is 0 Å². The smallest absolute Gasteiger partial charge is 0.252 e. The zero-order valence-electron chi connectivity index (χ0n) is 14.8. The summed E-state index contributed by atoms with van der Waals surface area (Å²) in [5, 5.41) is 10.8. The van der Waals surface area contributed by atoms with Gasteiger partial charge in [-0.1, -0.05) is 6.92 Å². The average Bonchev–Trinajstić information content (AvgIpc) is 3.26. The lowest BCUT2D eigenvalue weighted by Gasteiger charge is -2.15. The van der Waals surface area contributed by atoms with E-state index in [-0.39, 0.29) is 0 Å². The molecular formula is C16H24N4O2S3. The molecule has 9 heteroatoms. The molecule has 2 N–H and O–H groups in total. The van der Waals surface area contributed by atoms with E-state index in [4.69, 9.17) is 0 Å². The van der Waals surface area contributed by atoms with E-state index in [1.807, 2.05) is 6.07 Å². The number of hydrogen-bond donors (Lipinski definition) is 2. The fraction of sp³-hybridized carbons (Fsp3) is 0.438. The van der Waals surface area contributed by atoms with Crippen LogP contribution in [0.2, 0.25) is 0 Å². The van der Waals surface area contributed by atoms with E-state index >= 15 is 0 Å². The zero-order chi connectivity index (χ0) is 18.4. The first-order valence-corrected chi connectivity index (χ1v) is 11.0. The van der Waals surface area contributed by atoms with Crippen LogP contribution in [0.15, 0.2) is 38.2 Å². The van der Waals surface area contributed by atoms with E-state index in [1.54, 1.807) is 24.5 Å². The Bertz CT molecular complexity index is 795. The molecule has 0 aliphatic carbocycles. The van der Waals surface area contributed by atoms with Crippen LogP contribution < -0.4 is 10.6 Å². The van der Waals surface area contributed by atoms with Gasteiger partial charge in [0.1, 0.15) is 4.21 Å². The highest BCUT2D eigenvalue weighted by atomic mass is 32.2. The van der Waals surface area contributed by atoms with Gasteiger partial charge in [-0.25, -0.2) is 12.7 Å². The van der Waals surface area contributed by atoms with Crippen molar-refractivity contribution in [3.8, 4) is 0 Å². The molecule has 0 aromatic carbocycles. The number of hydrogen-bond acceptors (Lipinski definition) is 5. The lowest BCUT2D eigenvalue weighted by Crippen LogP contribution is -2.38. The average molecular weight is 401 g/mol. The van der Waals surface area contributed by atoms with Crippen molar-refractivity contribution in [1.82, 2.24) is 14.9 Å². The van der Waals surface area contributed by atoms with Crippen molar-refractivity contribution < 1.29 is 8.42 Å². The maximum atomic E-state index is 12.1. The highest BCUT2D eigenvalue weighted by Crippen LogP contribution is 2.23. The fourth-order valence-corrected chi connectivity index (χ4v) is 5.33. The first kappa shape index (κ1) is 19.9. The molecule has 0 saturated heterocycles. The lowest BCUT2D eigenvalue weighted by molar-refractivity contribution is 0.523. The van der Waals surface area contributed by atoms with Gasteiger partial charge in [-0.15, -0.1) is 11.3 Å². The topological polar surface area (TPSA) is 73.8 Å². The molecule has 0 aliphatic rings. The van der Waals surface area contributed by atoms with E-state index in [1.165, 1.54) is 35.3 Å². The van der Waals surface area contributed by atoms with E-state index in [9.17, 15) is 8.42 Å². The number of rotatable bonds is 7. The predicted molar refractivity (Wildman–Crippen MR) is 106 cm³/mol. The van der Waals surface area contributed by atoms with E-state index in [0.29, 0.717) is 22.6 Å². The second-order valence-electron chi connectivity index (χ2n) is 5.77. The molecule has 0 aliphatic heterocycles. The number of guanidine groups is 1. The highest BCUT2D eigenvalue weighted by molar-refractivity contribution is 7.91. The third kappa shape index (κ3) is 5.27. The van der Waals surface area contributed by atoms with E-state index in [2.05, 4.69) is 39.4 Å². The van der Waals surface area contributed by atoms with Gasteiger partial charge in [0.15, 0.2) is 5.96 Å². The quantitative estimate of drug-likeness (QED) is 0.553. The molecular weight excluding hydrogens is 376 g/mol. The molecule has 0 radical (unpaired) electrons. The van der Waals surface area contributed by atoms with Gasteiger partial charge in [-0.3, -0.25) is 4.99 Å². The van der Waals surface area contributed by atoms with Crippen LogP contribution >= 0.6 is 22.7 Å². The van der Waals surface area contributed by atoms with Crippen molar-refractivity contribution in [2.45, 2.75) is 23.6 Å². The van der Waals surface area contributed by atoms with Gasteiger partial charge in [-0.2, -0.15) is 11.3 Å². The summed E-state index contributed by atoms with van der Waals surface area (Å²) in [5.74, 6) is 1.09. The summed E-state index contributed by atoms with van der Waals surface area (Å²) in [6.45, 7) is 3.47. The van der Waals surface area contributed by atoms with Crippen LogP contribution in [0.1, 0.15) is 23.3 Å². The Labute approximate surface area is 157 Å². The number of nitrogens with one attached hydrogen (secondary N) is 2. The van der Waals surface area contributed by atoms with E-state index in [0.717, 1.165) is 11.4 Å². The van der Waals surface area contributed by atoms with Crippen molar-refractivity contribution in [1.29, 1.82) is 0 Å². The minimum atomic E-state index is -3.37. The number of aliphatic imine (C=N–C) groups is 1. The van der Waals surface area contributed by atoms with Gasteiger partial charge in [0, 0.05) is 32.6 Å². The third-order valence-electron chi connectivity index (χ3n) is 3.71. The zero-order valence-corrected chi connectivity index (χ0v) is 17.3. The second-order valence-corrected chi connectivity index (χ2v) is 10.1. The molecule has 2 aromatic rings. The summed E-state index contributed by atoms with van der Waals surface area (Å²) in [7, 11) is 1.43. The summed E-state index contributed by atoms with van der Waals surface area (Å²) < 4.78 is 25.8. The molecule has 0 saturated carbocycles. The molecule has 0 amide bonds. The molecule has 138 valence electrons. The van der Waals surface area contributed by atoms with Crippen LogP contribution in [-0.4, -0.2) is 46.4 Å². The Morgan fingerprint density at radius 2 is 2.04 bits per heavy atom. The van der Waals surface area contributed by atoms with Crippen LogP contribution in [0.3, 0.4) is 0 Å². The van der Waals surface area contributed by atoms with Gasteiger partial charge in [0.25, 0.3) is 10.0 Å². The lowest BCUT2D eigenvalue weighted by atomic mass is 10.1. The third-order valence-corrected chi connectivity index (χ3v) is 7.78. The molecule has 0 fully saturated rings. The molecule has 0 spiro atoms. The summed E-state index contributed by atoms with van der Waals surface area (Å²) in [6.07, 6.45) is 0. The minimum Gasteiger partial charge on any atom is -0.356 e. The number of sulfonamides is 1. The molecule has 1 unspecified atom stereocenters. The second kappa shape index (κ2) is 8.79. The summed E-state index contributed by atoms with van der Waals surface area (Å²) >= 11 is 2.97.